The molecule has 0 amide bonds. The van der Waals surface area contributed by atoms with E-state index in [2.05, 4.69) is 19.2 Å². The molecular formula is C13H15F2NO. The number of nitrogens with one attached hydrogen (secondary N) is 1. The number of hydrogen-bond acceptors (Lipinski definition) is 2. The molecule has 0 aliphatic heterocycles. The highest BCUT2D eigenvalue weighted by molar-refractivity contribution is 5.81. The Bertz CT molecular complexity index is 519. The Labute approximate surface area is 98.6 Å². The van der Waals surface area contributed by atoms with E-state index in [0.29, 0.717) is 17.8 Å². The van der Waals surface area contributed by atoms with Gasteiger partial charge in [-0.05, 0) is 12.5 Å². The van der Waals surface area contributed by atoms with Gasteiger partial charge in [-0.2, -0.15) is 0 Å². The number of halogens is 2. The summed E-state index contributed by atoms with van der Waals surface area (Å²) in [6.07, 6.45) is 1.47. The molecule has 0 unspecified atom stereocenters. The van der Waals surface area contributed by atoms with Crippen molar-refractivity contribution in [2.75, 3.05) is 6.54 Å². The minimum absolute atomic E-state index is 0.254. The Kier molecular flexibility index (Phi) is 3.43. The second-order valence-corrected chi connectivity index (χ2v) is 4.55. The molecule has 0 saturated heterocycles. The van der Waals surface area contributed by atoms with E-state index in [-0.39, 0.29) is 5.58 Å². The van der Waals surface area contributed by atoms with Crippen LogP contribution in [0.25, 0.3) is 11.0 Å². The zero-order valence-corrected chi connectivity index (χ0v) is 9.89. The molecule has 2 aromatic rings. The number of benzene rings is 1. The van der Waals surface area contributed by atoms with Crippen molar-refractivity contribution in [3.05, 3.63) is 35.6 Å². The molecule has 0 spiro atoms. The summed E-state index contributed by atoms with van der Waals surface area (Å²) in [5.74, 6) is -0.670. The van der Waals surface area contributed by atoms with Crippen molar-refractivity contribution in [3.63, 3.8) is 0 Å². The van der Waals surface area contributed by atoms with Crippen molar-refractivity contribution in [2.24, 2.45) is 5.92 Å². The first-order valence-corrected chi connectivity index (χ1v) is 5.63. The quantitative estimate of drug-likeness (QED) is 0.883. The van der Waals surface area contributed by atoms with Gasteiger partial charge in [-0.1, -0.05) is 13.8 Å². The van der Waals surface area contributed by atoms with Gasteiger partial charge in [-0.15, -0.1) is 0 Å². The zero-order valence-electron chi connectivity index (χ0n) is 9.89. The molecule has 1 aromatic carbocycles. The number of furan rings is 1. The van der Waals surface area contributed by atoms with Crippen LogP contribution in [0.5, 0.6) is 0 Å². The van der Waals surface area contributed by atoms with Crippen LogP contribution >= 0.6 is 0 Å². The Morgan fingerprint density at radius 1 is 1.29 bits per heavy atom. The number of fused-ring (bicyclic) bond motifs is 1. The summed E-state index contributed by atoms with van der Waals surface area (Å²) in [5.41, 5.74) is 0.974. The molecule has 4 heteroatoms. The lowest BCUT2D eigenvalue weighted by molar-refractivity contribution is 0.546. The Morgan fingerprint density at radius 2 is 2.06 bits per heavy atom. The highest BCUT2D eigenvalue weighted by atomic mass is 19.1. The zero-order chi connectivity index (χ0) is 12.4. The third-order valence-electron chi connectivity index (χ3n) is 2.54. The van der Waals surface area contributed by atoms with Crippen LogP contribution in [-0.4, -0.2) is 6.54 Å². The van der Waals surface area contributed by atoms with Crippen LogP contribution in [0.3, 0.4) is 0 Å². The average molecular weight is 239 g/mol. The van der Waals surface area contributed by atoms with Gasteiger partial charge < -0.3 is 9.73 Å². The van der Waals surface area contributed by atoms with Crippen molar-refractivity contribution in [1.82, 2.24) is 5.32 Å². The van der Waals surface area contributed by atoms with Crippen molar-refractivity contribution in [1.29, 1.82) is 0 Å². The second kappa shape index (κ2) is 4.84. The summed E-state index contributed by atoms with van der Waals surface area (Å²) < 4.78 is 31.7. The van der Waals surface area contributed by atoms with E-state index in [1.54, 1.807) is 0 Å². The predicted molar refractivity (Wildman–Crippen MR) is 62.7 cm³/mol. The van der Waals surface area contributed by atoms with Gasteiger partial charge in [0.2, 0.25) is 0 Å². The van der Waals surface area contributed by atoms with Gasteiger partial charge >= 0.3 is 0 Å². The minimum Gasteiger partial charge on any atom is -0.464 e. The van der Waals surface area contributed by atoms with Gasteiger partial charge in [0.1, 0.15) is 17.2 Å². The van der Waals surface area contributed by atoms with Crippen molar-refractivity contribution in [3.8, 4) is 0 Å². The Morgan fingerprint density at radius 3 is 2.76 bits per heavy atom. The molecule has 1 N–H and O–H groups in total. The normalized spacial score (nSPS) is 11.6. The van der Waals surface area contributed by atoms with E-state index in [4.69, 9.17) is 4.42 Å². The first kappa shape index (κ1) is 12.0. The highest BCUT2D eigenvalue weighted by Gasteiger charge is 2.12. The van der Waals surface area contributed by atoms with Crippen LogP contribution in [0.1, 0.15) is 19.4 Å². The fraction of sp³-hybridized carbons (Fsp3) is 0.385. The first-order valence-electron chi connectivity index (χ1n) is 5.63. The SMILES string of the molecule is CC(C)CNCc1coc2cc(F)cc(F)c12. The molecule has 1 aromatic heterocycles. The molecule has 0 radical (unpaired) electrons. The third kappa shape index (κ3) is 2.64. The van der Waals surface area contributed by atoms with E-state index in [1.807, 2.05) is 0 Å². The first-order chi connectivity index (χ1) is 8.08. The predicted octanol–water partition coefficient (Wildman–Crippen LogP) is 3.46. The monoisotopic (exact) mass is 239 g/mol. The van der Waals surface area contributed by atoms with Gasteiger partial charge in [-0.25, -0.2) is 8.78 Å². The van der Waals surface area contributed by atoms with Gasteiger partial charge in [0.25, 0.3) is 0 Å². The molecule has 0 fully saturated rings. The lowest BCUT2D eigenvalue weighted by Crippen LogP contribution is -2.18. The lowest BCUT2D eigenvalue weighted by Gasteiger charge is -2.06. The van der Waals surface area contributed by atoms with Gasteiger partial charge in [-0.3, -0.25) is 0 Å². The molecular weight excluding hydrogens is 224 g/mol. The third-order valence-corrected chi connectivity index (χ3v) is 2.54. The van der Waals surface area contributed by atoms with E-state index >= 15 is 0 Å². The van der Waals surface area contributed by atoms with Crippen LogP contribution in [0.4, 0.5) is 8.78 Å². The van der Waals surface area contributed by atoms with Crippen LogP contribution in [0, 0.1) is 17.6 Å². The summed E-state index contributed by atoms with van der Waals surface area (Å²) in [4.78, 5) is 0. The van der Waals surface area contributed by atoms with Crippen LogP contribution in [-0.2, 0) is 6.54 Å². The van der Waals surface area contributed by atoms with Crippen molar-refractivity contribution in [2.45, 2.75) is 20.4 Å². The average Bonchev–Trinajstić information content (AvgIpc) is 2.60. The van der Waals surface area contributed by atoms with Crippen LogP contribution in [0.15, 0.2) is 22.8 Å². The van der Waals surface area contributed by atoms with Gasteiger partial charge in [0, 0.05) is 24.2 Å². The van der Waals surface area contributed by atoms with E-state index in [1.165, 1.54) is 12.3 Å². The Hall–Kier alpha value is -1.42. The Balaban J connectivity index is 2.24. The maximum absolute atomic E-state index is 13.6. The van der Waals surface area contributed by atoms with Crippen LogP contribution in [0.2, 0.25) is 0 Å². The van der Waals surface area contributed by atoms with Crippen molar-refractivity contribution >= 4 is 11.0 Å². The van der Waals surface area contributed by atoms with E-state index < -0.39 is 11.6 Å². The number of rotatable bonds is 4. The summed E-state index contributed by atoms with van der Waals surface area (Å²) in [6.45, 7) is 5.55. The van der Waals surface area contributed by atoms with Gasteiger partial charge in [0.05, 0.1) is 11.6 Å². The standard InChI is InChI=1S/C13H15F2NO/c1-8(2)5-16-6-9-7-17-12-4-10(14)3-11(15)13(9)12/h3-4,7-8,16H,5-6H2,1-2H3. The summed E-state index contributed by atoms with van der Waals surface area (Å²) in [6, 6.07) is 2.08. The molecule has 0 saturated carbocycles. The molecule has 0 bridgehead atoms. The summed E-state index contributed by atoms with van der Waals surface area (Å²) >= 11 is 0. The van der Waals surface area contributed by atoms with E-state index in [9.17, 15) is 8.78 Å². The maximum Gasteiger partial charge on any atom is 0.140 e. The molecule has 17 heavy (non-hydrogen) atoms. The highest BCUT2D eigenvalue weighted by Crippen LogP contribution is 2.25. The lowest BCUT2D eigenvalue weighted by atomic mass is 10.1. The molecule has 2 rings (SSSR count). The second-order valence-electron chi connectivity index (χ2n) is 4.55. The molecule has 0 atom stereocenters. The summed E-state index contributed by atoms with van der Waals surface area (Å²) in [7, 11) is 0. The fourth-order valence-electron chi connectivity index (χ4n) is 1.77. The topological polar surface area (TPSA) is 25.2 Å². The fourth-order valence-corrected chi connectivity index (χ4v) is 1.77. The minimum atomic E-state index is -0.619. The molecule has 0 aliphatic carbocycles. The largest absolute Gasteiger partial charge is 0.464 e. The maximum atomic E-state index is 13.6. The molecule has 2 nitrogen and oxygen atoms in total. The van der Waals surface area contributed by atoms with Gasteiger partial charge in [0.15, 0.2) is 0 Å². The molecule has 1 heterocycles. The molecule has 0 aliphatic rings. The van der Waals surface area contributed by atoms with Crippen LogP contribution < -0.4 is 5.32 Å². The van der Waals surface area contributed by atoms with E-state index in [0.717, 1.165) is 18.2 Å². The summed E-state index contributed by atoms with van der Waals surface area (Å²) in [5, 5.41) is 3.56. The number of hydrogen-bond donors (Lipinski definition) is 1. The smallest absolute Gasteiger partial charge is 0.140 e. The molecule has 92 valence electrons. The van der Waals surface area contributed by atoms with Crippen molar-refractivity contribution < 1.29 is 13.2 Å².